The molecule has 0 aliphatic carbocycles. The van der Waals surface area contributed by atoms with Crippen LogP contribution in [0.1, 0.15) is 37.6 Å². The van der Waals surface area contributed by atoms with E-state index in [1.165, 1.54) is 0 Å². The Kier molecular flexibility index (Phi) is 6.34. The van der Waals surface area contributed by atoms with Gasteiger partial charge in [-0.1, -0.05) is 60.1 Å². The summed E-state index contributed by atoms with van der Waals surface area (Å²) >= 11 is 6.41. The van der Waals surface area contributed by atoms with Crippen LogP contribution in [-0.2, 0) is 12.0 Å². The summed E-state index contributed by atoms with van der Waals surface area (Å²) in [5, 5.41) is 22.6. The van der Waals surface area contributed by atoms with Crippen LogP contribution in [-0.4, -0.2) is 46.0 Å². The highest BCUT2D eigenvalue weighted by Gasteiger charge is 2.28. The number of benzene rings is 2. The summed E-state index contributed by atoms with van der Waals surface area (Å²) in [6, 6.07) is 20.4. The quantitative estimate of drug-likeness (QED) is 0.417. The normalized spacial score (nSPS) is 16.7. The van der Waals surface area contributed by atoms with Crippen LogP contribution in [0.15, 0.2) is 66.9 Å². The highest BCUT2D eigenvalue weighted by Crippen LogP contribution is 2.31. The lowest BCUT2D eigenvalue weighted by Crippen LogP contribution is -2.52. The van der Waals surface area contributed by atoms with Crippen LogP contribution in [0.25, 0.3) is 10.8 Å². The lowest BCUT2D eigenvalue weighted by molar-refractivity contribution is 0.0782. The molecule has 180 valence electrons. The van der Waals surface area contributed by atoms with Gasteiger partial charge < -0.3 is 14.9 Å². The smallest absolute Gasteiger partial charge is 0.159 e. The van der Waals surface area contributed by atoms with E-state index in [-0.39, 0.29) is 6.04 Å². The van der Waals surface area contributed by atoms with E-state index in [4.69, 9.17) is 16.7 Å². The molecule has 1 aliphatic rings. The summed E-state index contributed by atoms with van der Waals surface area (Å²) in [6.45, 7) is 8.23. The van der Waals surface area contributed by atoms with Gasteiger partial charge in [0.05, 0.1) is 11.3 Å². The molecule has 1 N–H and O–H groups in total. The zero-order valence-electron chi connectivity index (χ0n) is 20.3. The van der Waals surface area contributed by atoms with Crippen molar-refractivity contribution >= 4 is 34.0 Å². The summed E-state index contributed by atoms with van der Waals surface area (Å²) in [5.74, 6) is 1.84. The van der Waals surface area contributed by atoms with Crippen molar-refractivity contribution in [2.75, 3.05) is 29.4 Å². The minimum atomic E-state index is -0.894. The number of halogens is 1. The average molecular weight is 488 g/mol. The third kappa shape index (κ3) is 4.81. The molecule has 7 heteroatoms. The zero-order chi connectivity index (χ0) is 24.6. The number of aliphatic hydroxyl groups is 1. The maximum absolute atomic E-state index is 10.2. The lowest BCUT2D eigenvalue weighted by atomic mass is 10.0. The first-order chi connectivity index (χ1) is 16.8. The van der Waals surface area contributed by atoms with E-state index in [1.54, 1.807) is 20.0 Å². The van der Waals surface area contributed by atoms with Gasteiger partial charge in [0.1, 0.15) is 5.82 Å². The van der Waals surface area contributed by atoms with E-state index in [1.807, 2.05) is 42.5 Å². The van der Waals surface area contributed by atoms with Crippen molar-refractivity contribution in [3.63, 3.8) is 0 Å². The minimum Gasteiger partial charge on any atom is -0.386 e. The van der Waals surface area contributed by atoms with Crippen molar-refractivity contribution in [1.82, 2.24) is 15.2 Å². The van der Waals surface area contributed by atoms with Gasteiger partial charge in [-0.25, -0.2) is 4.98 Å². The van der Waals surface area contributed by atoms with Gasteiger partial charge in [-0.3, -0.25) is 0 Å². The standard InChI is InChI=1S/C28H30ClN5O/c1-19-18-33(26-13-12-21(17-30-26)28(2,3)35)14-15-34(19)27-23-10-6-5-9-22(23)25(31-32-27)16-20-8-4-7-11-24(20)29/h4-13,17,19,35H,14-16,18H2,1-3H3/t19-/m0/s1. The SMILES string of the molecule is C[C@H]1CN(c2ccc(C(C)(C)O)cn2)CCN1c1nnc(Cc2ccccc2Cl)c2ccccc12. The van der Waals surface area contributed by atoms with Crippen LogP contribution in [0.4, 0.5) is 11.6 Å². The Morgan fingerprint density at radius 1 is 0.971 bits per heavy atom. The van der Waals surface area contributed by atoms with Crippen LogP contribution < -0.4 is 9.80 Å². The molecule has 3 heterocycles. The molecule has 4 aromatic rings. The van der Waals surface area contributed by atoms with Gasteiger partial charge in [-0.15, -0.1) is 5.10 Å². The van der Waals surface area contributed by atoms with E-state index >= 15 is 0 Å². The maximum Gasteiger partial charge on any atom is 0.159 e. The Hall–Kier alpha value is -3.22. The summed E-state index contributed by atoms with van der Waals surface area (Å²) in [6.07, 6.45) is 2.41. The molecule has 6 nitrogen and oxygen atoms in total. The second-order valence-corrected chi connectivity index (χ2v) is 10.1. The number of piperazine rings is 1. The van der Waals surface area contributed by atoms with Gasteiger partial charge in [0.2, 0.25) is 0 Å². The molecular formula is C28H30ClN5O. The van der Waals surface area contributed by atoms with Crippen LogP contribution in [0.2, 0.25) is 5.02 Å². The Morgan fingerprint density at radius 3 is 2.40 bits per heavy atom. The molecule has 0 saturated carbocycles. The van der Waals surface area contributed by atoms with E-state index in [9.17, 15) is 5.11 Å². The Morgan fingerprint density at radius 2 is 1.71 bits per heavy atom. The van der Waals surface area contributed by atoms with Crippen molar-refractivity contribution in [2.24, 2.45) is 0 Å². The summed E-state index contributed by atoms with van der Waals surface area (Å²) in [7, 11) is 0. The first-order valence-electron chi connectivity index (χ1n) is 12.0. The van der Waals surface area contributed by atoms with Gasteiger partial charge in [0.25, 0.3) is 0 Å². The predicted octanol–water partition coefficient (Wildman–Crippen LogP) is 5.21. The molecule has 1 atom stereocenters. The van der Waals surface area contributed by atoms with Gasteiger partial charge in [0, 0.05) is 59.7 Å². The molecule has 35 heavy (non-hydrogen) atoms. The van der Waals surface area contributed by atoms with Gasteiger partial charge >= 0.3 is 0 Å². The average Bonchev–Trinajstić information content (AvgIpc) is 2.85. The molecule has 1 saturated heterocycles. The Labute approximate surface area is 211 Å². The molecule has 5 rings (SSSR count). The molecule has 2 aromatic carbocycles. The Balaban J connectivity index is 1.39. The van der Waals surface area contributed by atoms with Crippen molar-refractivity contribution in [2.45, 2.75) is 38.8 Å². The largest absolute Gasteiger partial charge is 0.386 e. The molecule has 1 aliphatic heterocycles. The zero-order valence-corrected chi connectivity index (χ0v) is 21.1. The fraction of sp³-hybridized carbons (Fsp3) is 0.321. The summed E-state index contributed by atoms with van der Waals surface area (Å²) in [4.78, 5) is 9.25. The van der Waals surface area contributed by atoms with Crippen molar-refractivity contribution in [3.05, 3.63) is 88.7 Å². The van der Waals surface area contributed by atoms with Crippen molar-refractivity contribution in [3.8, 4) is 0 Å². The predicted molar refractivity (Wildman–Crippen MR) is 142 cm³/mol. The maximum atomic E-state index is 10.2. The van der Waals surface area contributed by atoms with E-state index in [0.29, 0.717) is 6.42 Å². The first-order valence-corrected chi connectivity index (χ1v) is 12.4. The second-order valence-electron chi connectivity index (χ2n) is 9.74. The van der Waals surface area contributed by atoms with Gasteiger partial charge in [-0.05, 0) is 38.5 Å². The molecular weight excluding hydrogens is 458 g/mol. The monoisotopic (exact) mass is 487 g/mol. The summed E-state index contributed by atoms with van der Waals surface area (Å²) in [5.41, 5.74) is 1.90. The first kappa shape index (κ1) is 23.5. The molecule has 0 radical (unpaired) electrons. The topological polar surface area (TPSA) is 65.4 Å². The fourth-order valence-electron chi connectivity index (χ4n) is 4.73. The third-order valence-electron chi connectivity index (χ3n) is 6.74. The van der Waals surface area contributed by atoms with Crippen molar-refractivity contribution in [1.29, 1.82) is 0 Å². The van der Waals surface area contributed by atoms with Gasteiger partial charge in [-0.2, -0.15) is 5.10 Å². The number of nitrogens with zero attached hydrogens (tertiary/aromatic N) is 5. The number of hydrogen-bond donors (Lipinski definition) is 1. The van der Waals surface area contributed by atoms with Crippen LogP contribution >= 0.6 is 11.6 Å². The molecule has 0 unspecified atom stereocenters. The van der Waals surface area contributed by atoms with Crippen LogP contribution in [0, 0.1) is 0 Å². The Bertz CT molecular complexity index is 1340. The molecule has 2 aromatic heterocycles. The fourth-order valence-corrected chi connectivity index (χ4v) is 4.93. The van der Waals surface area contributed by atoms with E-state index in [0.717, 1.165) is 63.9 Å². The number of pyridine rings is 1. The number of anilines is 2. The van der Waals surface area contributed by atoms with Crippen molar-refractivity contribution < 1.29 is 5.11 Å². The van der Waals surface area contributed by atoms with E-state index < -0.39 is 5.60 Å². The number of rotatable bonds is 5. The van der Waals surface area contributed by atoms with E-state index in [2.05, 4.69) is 45.0 Å². The highest BCUT2D eigenvalue weighted by atomic mass is 35.5. The molecule has 1 fully saturated rings. The van der Waals surface area contributed by atoms with Gasteiger partial charge in [0.15, 0.2) is 5.82 Å². The second kappa shape index (κ2) is 9.44. The third-order valence-corrected chi connectivity index (χ3v) is 7.11. The number of aromatic nitrogens is 3. The number of fused-ring (bicyclic) bond motifs is 1. The lowest BCUT2D eigenvalue weighted by Gasteiger charge is -2.41. The molecule has 0 spiro atoms. The van der Waals surface area contributed by atoms with Crippen LogP contribution in [0.5, 0.6) is 0 Å². The molecule has 0 bridgehead atoms. The minimum absolute atomic E-state index is 0.228. The highest BCUT2D eigenvalue weighted by molar-refractivity contribution is 6.31. The number of hydrogen-bond acceptors (Lipinski definition) is 6. The van der Waals surface area contributed by atoms with Crippen LogP contribution in [0.3, 0.4) is 0 Å². The molecule has 0 amide bonds. The summed E-state index contributed by atoms with van der Waals surface area (Å²) < 4.78 is 0.